The number of primary amides is 1. The zero-order valence-corrected chi connectivity index (χ0v) is 31.2. The van der Waals surface area contributed by atoms with E-state index < -0.39 is 29.9 Å². The third-order valence-electron chi connectivity index (χ3n) is 7.12. The molecule has 0 aliphatic carbocycles. The van der Waals surface area contributed by atoms with Crippen LogP contribution in [0.5, 0.6) is 5.75 Å². The van der Waals surface area contributed by atoms with Gasteiger partial charge in [-0.3, -0.25) is 19.7 Å². The van der Waals surface area contributed by atoms with Gasteiger partial charge in [0.15, 0.2) is 5.78 Å². The minimum Gasteiger partial charge on any atom is -0.497 e. The van der Waals surface area contributed by atoms with Gasteiger partial charge in [-0.25, -0.2) is 9.59 Å². The summed E-state index contributed by atoms with van der Waals surface area (Å²) in [4.78, 5) is 56.4. The van der Waals surface area contributed by atoms with Crippen LogP contribution in [0.1, 0.15) is 96.1 Å². The number of hydrogen-bond donors (Lipinski definition) is 5. The molecule has 1 aliphatic heterocycles. The van der Waals surface area contributed by atoms with Gasteiger partial charge in [0.25, 0.3) is 0 Å². The molecule has 6 N–H and O–H groups in total. The molecule has 0 saturated carbocycles. The summed E-state index contributed by atoms with van der Waals surface area (Å²) in [5.41, 5.74) is 9.78. The monoisotopic (exact) mass is 689 g/mol. The Morgan fingerprint density at radius 2 is 1.34 bits per heavy atom. The van der Waals surface area contributed by atoms with Gasteiger partial charge in [0.2, 0.25) is 11.8 Å². The lowest BCUT2D eigenvalue weighted by atomic mass is 9.87. The van der Waals surface area contributed by atoms with Gasteiger partial charge in [0, 0.05) is 23.4 Å². The van der Waals surface area contributed by atoms with Crippen molar-refractivity contribution in [1.29, 1.82) is 0 Å². The molecule has 11 nitrogen and oxygen atoms in total. The molecule has 50 heavy (non-hydrogen) atoms. The number of imide groups is 1. The predicted molar refractivity (Wildman–Crippen MR) is 201 cm³/mol. The van der Waals surface area contributed by atoms with E-state index in [9.17, 15) is 24.0 Å². The Morgan fingerprint density at radius 1 is 0.820 bits per heavy atom. The van der Waals surface area contributed by atoms with E-state index in [0.717, 1.165) is 29.0 Å². The third-order valence-corrected chi connectivity index (χ3v) is 7.12. The van der Waals surface area contributed by atoms with Crippen LogP contribution < -0.4 is 31.7 Å². The average molecular weight is 690 g/mol. The van der Waals surface area contributed by atoms with Crippen LogP contribution >= 0.6 is 0 Å². The Kier molecular flexibility index (Phi) is 17.4. The van der Waals surface area contributed by atoms with Gasteiger partial charge in [-0.2, -0.15) is 0 Å². The number of nitrogens with two attached hydrogens (primary N) is 1. The summed E-state index contributed by atoms with van der Waals surface area (Å²) in [6, 6.07) is 20.2. The maximum Gasteiger partial charge on any atom is 0.322 e. The Labute approximate surface area is 297 Å². The van der Waals surface area contributed by atoms with Crippen molar-refractivity contribution in [3.05, 3.63) is 89.5 Å². The smallest absolute Gasteiger partial charge is 0.322 e. The van der Waals surface area contributed by atoms with Crippen molar-refractivity contribution in [3.8, 4) is 5.75 Å². The van der Waals surface area contributed by atoms with Gasteiger partial charge >= 0.3 is 12.1 Å². The number of carbonyl (C=O) groups is 5. The van der Waals surface area contributed by atoms with Crippen LogP contribution in [0.4, 0.5) is 21.0 Å². The van der Waals surface area contributed by atoms with E-state index in [1.165, 1.54) is 5.56 Å². The molecular formula is C39H55N5O6. The van der Waals surface area contributed by atoms with Gasteiger partial charge < -0.3 is 26.4 Å². The van der Waals surface area contributed by atoms with Crippen LogP contribution in [0.2, 0.25) is 0 Å². The average Bonchev–Trinajstić information content (AvgIpc) is 3.05. The second-order valence-electron chi connectivity index (χ2n) is 13.7. The molecule has 272 valence electrons. The molecule has 4 rings (SSSR count). The number of methoxy groups -OCH3 is 1. The number of rotatable bonds is 7. The number of ketones is 1. The van der Waals surface area contributed by atoms with Crippen LogP contribution in [-0.2, 0) is 15.0 Å². The van der Waals surface area contributed by atoms with Gasteiger partial charge in [0.1, 0.15) is 11.8 Å². The number of amides is 6. The van der Waals surface area contributed by atoms with Crippen molar-refractivity contribution in [1.82, 2.24) is 10.6 Å². The molecule has 1 heterocycles. The van der Waals surface area contributed by atoms with Crippen LogP contribution in [0.15, 0.2) is 72.8 Å². The summed E-state index contributed by atoms with van der Waals surface area (Å²) in [5, 5.41) is 9.63. The van der Waals surface area contributed by atoms with Crippen LogP contribution in [0, 0.1) is 12.3 Å². The summed E-state index contributed by atoms with van der Waals surface area (Å²) in [6.45, 7) is 18.8. The number of Topliss-reactive ketones (excluding diaryl/α,β-unsaturated/α-hetero) is 1. The number of ether oxygens (including phenoxy) is 1. The maximum atomic E-state index is 11.9. The van der Waals surface area contributed by atoms with Crippen molar-refractivity contribution in [2.45, 2.75) is 93.0 Å². The first-order chi connectivity index (χ1) is 23.4. The molecule has 0 aromatic heterocycles. The Bertz CT molecular complexity index is 1520. The Hall–Kier alpha value is -5.19. The van der Waals surface area contributed by atoms with Gasteiger partial charge in [-0.15, -0.1) is 0 Å². The lowest BCUT2D eigenvalue weighted by molar-refractivity contribution is -0.126. The summed E-state index contributed by atoms with van der Waals surface area (Å²) in [7, 11) is 1.62. The quantitative estimate of drug-likeness (QED) is 0.159. The molecule has 1 aliphatic rings. The third kappa shape index (κ3) is 16.8. The fraction of sp³-hybridized carbons (Fsp3) is 0.410. The molecule has 1 unspecified atom stereocenters. The minimum atomic E-state index is -0.826. The Balaban J connectivity index is 0.000000369. The van der Waals surface area contributed by atoms with Crippen LogP contribution in [0.25, 0.3) is 0 Å². The fourth-order valence-corrected chi connectivity index (χ4v) is 4.24. The lowest BCUT2D eigenvalue weighted by Crippen LogP contribution is -2.56. The number of aryl methyl sites for hydroxylation is 1. The zero-order chi connectivity index (χ0) is 38.1. The Morgan fingerprint density at radius 3 is 1.80 bits per heavy atom. The number of benzene rings is 3. The predicted octanol–water partition coefficient (Wildman–Crippen LogP) is 7.74. The number of urea groups is 2. The summed E-state index contributed by atoms with van der Waals surface area (Å²) < 4.78 is 5.05. The van der Waals surface area contributed by atoms with Crippen LogP contribution in [0.3, 0.4) is 0 Å². The molecule has 0 spiro atoms. The molecule has 1 saturated heterocycles. The number of carbonyl (C=O) groups excluding carboxylic acids is 5. The molecule has 0 radical (unpaired) electrons. The molecule has 1 fully saturated rings. The largest absolute Gasteiger partial charge is 0.497 e. The topological polar surface area (TPSA) is 169 Å². The van der Waals surface area contributed by atoms with Crippen molar-refractivity contribution >= 4 is 41.0 Å². The first-order valence-corrected chi connectivity index (χ1v) is 16.7. The standard InChI is InChI=1S/C14H20O2.C12H13N3O3.C11H16N2O.C2H6/c1-14(2,3)10-9-13(15)11-5-7-12(16-4)8-6-11;1-7-2-4-8(5-3-7)13-11(17)9-6-10(16)15-12(18)14-9;1-11(2,3)8-4-6-9(7-5-8)13-10(12)14;1-2/h5-8H,9-10H2,1-4H3;2-5,9H,6H2,1H3,(H,13,17)(H2,14,15,16,18);4-7H,1-3H3,(H3,12,13,14);1-2H3. The molecule has 6 amide bonds. The zero-order valence-electron chi connectivity index (χ0n) is 31.2. The van der Waals surface area contributed by atoms with E-state index in [0.29, 0.717) is 12.1 Å². The second kappa shape index (κ2) is 20.4. The minimum absolute atomic E-state index is 0.0521. The number of nitrogens with one attached hydrogen (secondary N) is 4. The SMILES string of the molecule is CC.CC(C)(C)c1ccc(NC(N)=O)cc1.COc1ccc(C(=O)CCC(C)(C)C)cc1.Cc1ccc(NC(=O)C2CC(=O)NC(=O)N2)cc1. The van der Waals surface area contributed by atoms with Crippen molar-refractivity contribution in [3.63, 3.8) is 0 Å². The highest BCUT2D eigenvalue weighted by Crippen LogP contribution is 2.24. The van der Waals surface area contributed by atoms with E-state index in [4.69, 9.17) is 10.5 Å². The highest BCUT2D eigenvalue weighted by molar-refractivity contribution is 6.05. The summed E-state index contributed by atoms with van der Waals surface area (Å²) >= 11 is 0. The van der Waals surface area contributed by atoms with E-state index in [1.807, 2.05) is 81.4 Å². The van der Waals surface area contributed by atoms with Crippen LogP contribution in [-0.4, -0.2) is 42.8 Å². The molecule has 3 aromatic carbocycles. The van der Waals surface area contributed by atoms with Crippen molar-refractivity contribution in [2.75, 3.05) is 17.7 Å². The molecule has 3 aromatic rings. The van der Waals surface area contributed by atoms with E-state index in [2.05, 4.69) is 62.8 Å². The van der Waals surface area contributed by atoms with Gasteiger partial charge in [-0.05, 0) is 78.3 Å². The van der Waals surface area contributed by atoms with Gasteiger partial charge in [-0.1, -0.05) is 85.2 Å². The number of hydrogen-bond acceptors (Lipinski definition) is 6. The highest BCUT2D eigenvalue weighted by Gasteiger charge is 2.29. The van der Waals surface area contributed by atoms with Gasteiger partial charge in [0.05, 0.1) is 13.5 Å². The normalized spacial score (nSPS) is 13.6. The van der Waals surface area contributed by atoms with E-state index in [1.54, 1.807) is 19.2 Å². The number of anilines is 2. The molecule has 0 bridgehead atoms. The van der Waals surface area contributed by atoms with Crippen molar-refractivity contribution in [2.24, 2.45) is 11.1 Å². The van der Waals surface area contributed by atoms with E-state index in [-0.39, 0.29) is 23.0 Å². The first kappa shape index (κ1) is 42.8. The lowest BCUT2D eigenvalue weighted by Gasteiger charge is -2.22. The highest BCUT2D eigenvalue weighted by atomic mass is 16.5. The van der Waals surface area contributed by atoms with E-state index >= 15 is 0 Å². The molecule has 1 atom stereocenters. The molecular weight excluding hydrogens is 634 g/mol. The fourth-order valence-electron chi connectivity index (χ4n) is 4.24. The summed E-state index contributed by atoms with van der Waals surface area (Å²) in [6.07, 6.45) is 1.47. The van der Waals surface area contributed by atoms with Crippen molar-refractivity contribution < 1.29 is 28.7 Å². The second-order valence-corrected chi connectivity index (χ2v) is 13.7. The first-order valence-electron chi connectivity index (χ1n) is 16.7. The summed E-state index contributed by atoms with van der Waals surface area (Å²) in [5.74, 6) is 0.134. The molecule has 11 heteroatoms. The maximum absolute atomic E-state index is 11.9.